The number of nitrogens with one attached hydrogen (secondary N) is 1. The first kappa shape index (κ1) is 20.3. The third kappa shape index (κ3) is 5.23. The second-order valence-electron chi connectivity index (χ2n) is 6.36. The van der Waals surface area contributed by atoms with E-state index in [0.29, 0.717) is 28.7 Å². The van der Waals surface area contributed by atoms with Crippen LogP contribution in [0.3, 0.4) is 0 Å². The van der Waals surface area contributed by atoms with E-state index in [1.807, 2.05) is 25.1 Å². The second kappa shape index (κ2) is 9.07. The van der Waals surface area contributed by atoms with Crippen LogP contribution < -0.4 is 14.8 Å². The monoisotopic (exact) mass is 371 g/mol. The van der Waals surface area contributed by atoms with E-state index < -0.39 is 5.97 Å². The Hall–Kier alpha value is -3.02. The van der Waals surface area contributed by atoms with Gasteiger partial charge in [-0.1, -0.05) is 24.3 Å². The van der Waals surface area contributed by atoms with Crippen LogP contribution in [0.2, 0.25) is 0 Å². The first-order chi connectivity index (χ1) is 12.9. The Morgan fingerprint density at radius 2 is 1.41 bits per heavy atom. The van der Waals surface area contributed by atoms with E-state index in [-0.39, 0.29) is 11.5 Å². The van der Waals surface area contributed by atoms with Gasteiger partial charge >= 0.3 is 5.97 Å². The van der Waals surface area contributed by atoms with E-state index in [2.05, 4.69) is 5.32 Å². The summed E-state index contributed by atoms with van der Waals surface area (Å²) in [4.78, 5) is 22.6. The third-order valence-corrected chi connectivity index (χ3v) is 4.26. The third-order valence-electron chi connectivity index (χ3n) is 4.26. The van der Waals surface area contributed by atoms with Gasteiger partial charge < -0.3 is 19.9 Å². The number of amides is 1. The quantitative estimate of drug-likeness (QED) is 0.839. The van der Waals surface area contributed by atoms with Gasteiger partial charge in [0.25, 0.3) is 5.91 Å². The molecule has 0 unspecified atom stereocenters. The molecule has 2 aromatic carbocycles. The zero-order valence-electron chi connectivity index (χ0n) is 16.0. The summed E-state index contributed by atoms with van der Waals surface area (Å²) in [6, 6.07) is 11.1. The van der Waals surface area contributed by atoms with E-state index >= 15 is 0 Å². The minimum Gasteiger partial charge on any atom is -0.496 e. The lowest BCUT2D eigenvalue weighted by Crippen LogP contribution is -2.26. The normalized spacial score (nSPS) is 12.4. The highest BCUT2D eigenvalue weighted by molar-refractivity contribution is 5.98. The molecule has 2 N–H and O–H groups in total. The number of hydrogen-bond acceptors (Lipinski definition) is 4. The van der Waals surface area contributed by atoms with Crippen LogP contribution in [0.15, 0.2) is 36.4 Å². The van der Waals surface area contributed by atoms with Gasteiger partial charge in [0.1, 0.15) is 17.1 Å². The summed E-state index contributed by atoms with van der Waals surface area (Å²) in [7, 11) is 3.05. The fourth-order valence-corrected chi connectivity index (χ4v) is 2.67. The molecule has 144 valence electrons. The van der Waals surface area contributed by atoms with Crippen molar-refractivity contribution < 1.29 is 24.2 Å². The predicted octanol–water partition coefficient (Wildman–Crippen LogP) is 3.60. The van der Waals surface area contributed by atoms with Gasteiger partial charge in [-0.05, 0) is 49.9 Å². The maximum Gasteiger partial charge on any atom is 0.339 e. The highest BCUT2D eigenvalue weighted by Crippen LogP contribution is 2.24. The molecular formula is C21H25NO5. The number of rotatable bonds is 5. The van der Waals surface area contributed by atoms with Crippen molar-refractivity contribution in [3.63, 3.8) is 0 Å². The van der Waals surface area contributed by atoms with E-state index in [1.165, 1.54) is 7.11 Å². The van der Waals surface area contributed by atoms with Crippen LogP contribution in [0.4, 0.5) is 0 Å². The maximum atomic E-state index is 11.9. The average Bonchev–Trinajstić information content (AvgIpc) is 3.45. The Morgan fingerprint density at radius 3 is 1.81 bits per heavy atom. The Kier molecular flexibility index (Phi) is 6.82. The van der Waals surface area contributed by atoms with Crippen molar-refractivity contribution >= 4 is 11.9 Å². The number of methoxy groups -OCH3 is 2. The summed E-state index contributed by atoms with van der Waals surface area (Å²) in [5.74, 6) is 0.0769. The summed E-state index contributed by atoms with van der Waals surface area (Å²) in [5.41, 5.74) is 2.56. The Morgan fingerprint density at radius 1 is 0.926 bits per heavy atom. The van der Waals surface area contributed by atoms with Gasteiger partial charge in [-0.2, -0.15) is 0 Å². The minimum absolute atomic E-state index is 0.0209. The number of ether oxygens (including phenoxy) is 2. The van der Waals surface area contributed by atoms with E-state index in [9.17, 15) is 9.59 Å². The van der Waals surface area contributed by atoms with Crippen LogP contribution in [0.25, 0.3) is 0 Å². The van der Waals surface area contributed by atoms with E-state index in [1.54, 1.807) is 32.2 Å². The van der Waals surface area contributed by atoms with Crippen molar-refractivity contribution in [2.45, 2.75) is 32.7 Å². The maximum absolute atomic E-state index is 11.9. The summed E-state index contributed by atoms with van der Waals surface area (Å²) in [6.07, 6.45) is 2.19. The van der Waals surface area contributed by atoms with Gasteiger partial charge in [-0.25, -0.2) is 4.79 Å². The molecule has 6 heteroatoms. The molecule has 1 aliphatic carbocycles. The Bertz CT molecular complexity index is 827. The van der Waals surface area contributed by atoms with Crippen molar-refractivity contribution in [3.8, 4) is 11.5 Å². The molecular weight excluding hydrogens is 346 g/mol. The number of carbonyl (C=O) groups excluding carboxylic acids is 1. The van der Waals surface area contributed by atoms with Crippen LogP contribution in [-0.2, 0) is 0 Å². The number of carbonyl (C=O) groups is 2. The molecule has 0 spiro atoms. The molecule has 1 amide bonds. The minimum atomic E-state index is -0.954. The fraction of sp³-hybridized carbons (Fsp3) is 0.333. The first-order valence-electron chi connectivity index (χ1n) is 8.70. The predicted molar refractivity (Wildman–Crippen MR) is 103 cm³/mol. The molecule has 0 aliphatic heterocycles. The van der Waals surface area contributed by atoms with Crippen molar-refractivity contribution in [1.82, 2.24) is 5.32 Å². The second-order valence-corrected chi connectivity index (χ2v) is 6.36. The number of carboxylic acid groups (broad SMARTS) is 1. The lowest BCUT2D eigenvalue weighted by molar-refractivity contribution is 0.0692. The van der Waals surface area contributed by atoms with Crippen molar-refractivity contribution in [2.75, 3.05) is 14.2 Å². The van der Waals surface area contributed by atoms with Crippen LogP contribution in [0, 0.1) is 13.8 Å². The first-order valence-corrected chi connectivity index (χ1v) is 8.70. The molecule has 6 nitrogen and oxygen atoms in total. The molecule has 1 aliphatic rings. The van der Waals surface area contributed by atoms with Gasteiger partial charge in [0.15, 0.2) is 0 Å². The number of benzene rings is 2. The van der Waals surface area contributed by atoms with Gasteiger partial charge in [0, 0.05) is 6.04 Å². The largest absolute Gasteiger partial charge is 0.496 e. The number of hydrogen-bond donors (Lipinski definition) is 2. The molecule has 2 aromatic rings. The van der Waals surface area contributed by atoms with Crippen molar-refractivity contribution in [3.05, 3.63) is 58.7 Å². The Balaban J connectivity index is 0.000000199. The number of aromatic carboxylic acids is 1. The summed E-state index contributed by atoms with van der Waals surface area (Å²) in [5, 5.41) is 11.8. The Labute approximate surface area is 159 Å². The lowest BCUT2D eigenvalue weighted by Gasteiger charge is -2.11. The molecule has 0 heterocycles. The molecule has 0 atom stereocenters. The SMILES string of the molecule is COc1cccc(C)c1C(=O)NC1CC1.COc1cccc(C)c1C(=O)O. The van der Waals surface area contributed by atoms with Crippen LogP contribution in [0.5, 0.6) is 11.5 Å². The smallest absolute Gasteiger partial charge is 0.339 e. The lowest BCUT2D eigenvalue weighted by atomic mass is 10.1. The molecule has 0 radical (unpaired) electrons. The number of carboxylic acids is 1. The van der Waals surface area contributed by atoms with Crippen molar-refractivity contribution in [1.29, 1.82) is 0 Å². The molecule has 27 heavy (non-hydrogen) atoms. The molecule has 0 bridgehead atoms. The topological polar surface area (TPSA) is 84.9 Å². The highest BCUT2D eigenvalue weighted by Gasteiger charge is 2.25. The van der Waals surface area contributed by atoms with Crippen molar-refractivity contribution in [2.24, 2.45) is 0 Å². The van der Waals surface area contributed by atoms with Gasteiger partial charge in [0.05, 0.1) is 19.8 Å². The highest BCUT2D eigenvalue weighted by atomic mass is 16.5. The van der Waals surface area contributed by atoms with Crippen LogP contribution in [-0.4, -0.2) is 37.2 Å². The van der Waals surface area contributed by atoms with Crippen LogP contribution in [0.1, 0.15) is 44.7 Å². The standard InChI is InChI=1S/C12H15NO2.C9H10O3/c1-8-4-3-5-10(15-2)11(8)12(14)13-9-6-7-9;1-6-4-3-5-7(12-2)8(6)9(10)11/h3-5,9H,6-7H2,1-2H3,(H,13,14);3-5H,1-2H3,(H,10,11). The summed E-state index contributed by atoms with van der Waals surface area (Å²) in [6.45, 7) is 3.66. The molecule has 1 saturated carbocycles. The fourth-order valence-electron chi connectivity index (χ4n) is 2.67. The van der Waals surface area contributed by atoms with Gasteiger partial charge in [-0.15, -0.1) is 0 Å². The van der Waals surface area contributed by atoms with E-state index in [4.69, 9.17) is 14.6 Å². The summed E-state index contributed by atoms with van der Waals surface area (Å²) >= 11 is 0. The molecule has 3 rings (SSSR count). The molecule has 0 saturated heterocycles. The zero-order valence-corrected chi connectivity index (χ0v) is 16.0. The van der Waals surface area contributed by atoms with Gasteiger partial charge in [0.2, 0.25) is 0 Å². The number of aryl methyl sites for hydroxylation is 2. The van der Waals surface area contributed by atoms with Gasteiger partial charge in [-0.3, -0.25) is 4.79 Å². The zero-order chi connectivity index (χ0) is 20.0. The molecule has 0 aromatic heterocycles. The molecule has 1 fully saturated rings. The summed E-state index contributed by atoms with van der Waals surface area (Å²) < 4.78 is 10.1. The van der Waals surface area contributed by atoms with E-state index in [0.717, 1.165) is 18.4 Å². The van der Waals surface area contributed by atoms with Crippen LogP contribution >= 0.6 is 0 Å². The average molecular weight is 371 g/mol.